The van der Waals surface area contributed by atoms with Gasteiger partial charge in [0, 0.05) is 26.2 Å². The summed E-state index contributed by atoms with van der Waals surface area (Å²) in [7, 11) is -0.810. The molecule has 49 heavy (non-hydrogen) atoms. The summed E-state index contributed by atoms with van der Waals surface area (Å²) in [5.41, 5.74) is 8.55. The molecular weight excluding hydrogens is 685 g/mol. The Morgan fingerprint density at radius 1 is 1.04 bits per heavy atom. The second-order valence-electron chi connectivity index (χ2n) is 10.5. The first-order valence-corrected chi connectivity index (χ1v) is 16.7. The quantitative estimate of drug-likeness (QED) is 0.0263. The SMILES string of the molecule is C=CCN(CC(=O)N(CC=O)C(CN(C)Cc1cccc2scnc12)NCc1ccccc1)NC=O.Cc1ccc(OP([O-])[O-])cc1.[Na+].[Na+]. The maximum atomic E-state index is 13.3. The summed E-state index contributed by atoms with van der Waals surface area (Å²) in [6.07, 6.45) is 2.37. The number of fused-ring (bicyclic) bond motifs is 1. The number of carbonyl (C=O) groups is 3. The molecule has 0 radical (unpaired) electrons. The number of hydrazine groups is 1. The van der Waals surface area contributed by atoms with Crippen LogP contribution in [0.1, 0.15) is 16.7 Å². The van der Waals surface area contributed by atoms with Gasteiger partial charge in [-0.2, -0.15) is 0 Å². The molecule has 0 saturated heterocycles. The fraction of sp³-hybridized carbons (Fsp3) is 0.273. The van der Waals surface area contributed by atoms with Crippen LogP contribution in [0.25, 0.3) is 10.2 Å². The topological polar surface area (TPSA) is 153 Å². The van der Waals surface area contributed by atoms with Crippen LogP contribution in [-0.4, -0.2) is 77.8 Å². The van der Waals surface area contributed by atoms with Gasteiger partial charge in [0.15, 0.2) is 0 Å². The summed E-state index contributed by atoms with van der Waals surface area (Å²) in [5.74, 6) is 0.0607. The molecule has 2 amide bonds. The van der Waals surface area contributed by atoms with Crippen molar-refractivity contribution in [3.8, 4) is 5.75 Å². The van der Waals surface area contributed by atoms with Crippen molar-refractivity contribution in [2.75, 3.05) is 33.2 Å². The predicted octanol–water partition coefficient (Wildman–Crippen LogP) is -3.65. The van der Waals surface area contributed by atoms with Crippen molar-refractivity contribution < 1.29 is 87.8 Å². The van der Waals surface area contributed by atoms with Crippen LogP contribution in [0.15, 0.2) is 91.0 Å². The molecule has 12 nitrogen and oxygen atoms in total. The van der Waals surface area contributed by atoms with Gasteiger partial charge < -0.3 is 24.0 Å². The Bertz CT molecular complexity index is 1540. The first-order chi connectivity index (χ1) is 22.7. The second-order valence-corrected chi connectivity index (χ2v) is 12.0. The number of aromatic nitrogens is 1. The number of likely N-dealkylation sites (N-methyl/N-ethyl adjacent to an activating group) is 1. The number of rotatable bonds is 18. The molecule has 0 aliphatic carbocycles. The van der Waals surface area contributed by atoms with Crippen LogP contribution in [-0.2, 0) is 27.5 Å². The van der Waals surface area contributed by atoms with Crippen LogP contribution in [0.5, 0.6) is 5.75 Å². The Labute approximate surface area is 337 Å². The largest absolute Gasteiger partial charge is 1.00 e. The normalized spacial score (nSPS) is 11.1. The molecule has 2 N–H and O–H groups in total. The van der Waals surface area contributed by atoms with Gasteiger partial charge in [0.05, 0.1) is 35.0 Å². The molecule has 0 saturated carbocycles. The van der Waals surface area contributed by atoms with Crippen molar-refractivity contribution in [2.24, 2.45) is 0 Å². The number of benzene rings is 3. The van der Waals surface area contributed by atoms with Crippen LogP contribution in [0.2, 0.25) is 0 Å². The minimum Gasteiger partial charge on any atom is -0.810 e. The van der Waals surface area contributed by atoms with E-state index in [1.54, 1.807) is 41.7 Å². The molecule has 16 heteroatoms. The van der Waals surface area contributed by atoms with Crippen molar-refractivity contribution in [2.45, 2.75) is 26.2 Å². The Hall–Kier alpha value is -2.07. The molecular formula is C33H39N6Na2O6PS. The molecule has 0 aliphatic heterocycles. The van der Waals surface area contributed by atoms with E-state index in [-0.39, 0.29) is 78.1 Å². The smallest absolute Gasteiger partial charge is 0.810 e. The third-order valence-corrected chi connectivity index (χ3v) is 7.99. The van der Waals surface area contributed by atoms with E-state index >= 15 is 0 Å². The van der Waals surface area contributed by atoms with E-state index < -0.39 is 14.8 Å². The number of amides is 2. The van der Waals surface area contributed by atoms with Crippen molar-refractivity contribution in [3.63, 3.8) is 0 Å². The third kappa shape index (κ3) is 16.2. The zero-order valence-corrected chi connectivity index (χ0v) is 34.1. The van der Waals surface area contributed by atoms with Crippen LogP contribution < -0.4 is 84.2 Å². The minimum atomic E-state index is -2.79. The number of thiazole rings is 1. The zero-order valence-electron chi connectivity index (χ0n) is 28.4. The first kappa shape index (κ1) is 45.0. The number of hydrogen-bond acceptors (Lipinski definition) is 11. The summed E-state index contributed by atoms with van der Waals surface area (Å²) in [6.45, 7) is 7.32. The van der Waals surface area contributed by atoms with Crippen molar-refractivity contribution in [1.82, 2.24) is 30.5 Å². The van der Waals surface area contributed by atoms with E-state index in [1.807, 2.05) is 61.9 Å². The van der Waals surface area contributed by atoms with Gasteiger partial charge in [0.25, 0.3) is 0 Å². The Morgan fingerprint density at radius 3 is 2.39 bits per heavy atom. The monoisotopic (exact) mass is 724 g/mol. The predicted molar refractivity (Wildman–Crippen MR) is 180 cm³/mol. The number of para-hydroxylation sites is 1. The molecule has 1 aromatic heterocycles. The number of hydrogen-bond donors (Lipinski definition) is 2. The number of aldehydes is 1. The van der Waals surface area contributed by atoms with Crippen LogP contribution >= 0.6 is 19.9 Å². The van der Waals surface area contributed by atoms with E-state index in [2.05, 4.69) is 37.8 Å². The molecule has 1 heterocycles. The Kier molecular flexibility index (Phi) is 22.9. The van der Waals surface area contributed by atoms with Gasteiger partial charge in [-0.3, -0.25) is 25.2 Å². The van der Waals surface area contributed by atoms with E-state index in [0.717, 1.165) is 33.2 Å². The van der Waals surface area contributed by atoms with E-state index in [9.17, 15) is 24.2 Å². The molecule has 0 fully saturated rings. The van der Waals surface area contributed by atoms with Gasteiger partial charge in [0.1, 0.15) is 12.0 Å². The minimum absolute atomic E-state index is 0. The van der Waals surface area contributed by atoms with Crippen LogP contribution in [0.3, 0.4) is 0 Å². The van der Waals surface area contributed by atoms with Crippen molar-refractivity contribution in [3.05, 3.63) is 108 Å². The maximum absolute atomic E-state index is 13.3. The van der Waals surface area contributed by atoms with E-state index in [4.69, 9.17) is 0 Å². The number of aryl methyl sites for hydroxylation is 1. The van der Waals surface area contributed by atoms with Gasteiger partial charge in [-0.1, -0.05) is 74.8 Å². The molecule has 0 aliphatic rings. The second kappa shape index (κ2) is 25.0. The number of nitrogens with zero attached hydrogens (tertiary/aromatic N) is 4. The maximum Gasteiger partial charge on any atom is 1.00 e. The van der Waals surface area contributed by atoms with Crippen molar-refractivity contribution in [1.29, 1.82) is 0 Å². The molecule has 4 rings (SSSR count). The standard InChI is InChI=1S/C26H32N6O3S.C7H7O3P.2Na/c1-3-12-31(29-19-34)18-25(35)32(13-14-33)24(27-15-21-8-5-4-6-9-21)17-30(2)16-22-10-7-11-23-26(22)28-20-36-23;1-6-2-4-7(5-3-6)10-11(8)9;;/h3-11,14,19-20,24,27H,1,12-13,15-18H2,2H3,(H,29,34);2-5H,1H3;;/q;-2;2*+1. The van der Waals surface area contributed by atoms with Crippen LogP contribution in [0, 0.1) is 6.92 Å². The number of carbonyl (C=O) groups excluding carboxylic acids is 3. The fourth-order valence-corrected chi connectivity index (χ4v) is 5.66. The zero-order chi connectivity index (χ0) is 34.0. The van der Waals surface area contributed by atoms with Gasteiger partial charge in [-0.05, 0) is 43.3 Å². The van der Waals surface area contributed by atoms with E-state index in [0.29, 0.717) is 38.3 Å². The first-order valence-electron chi connectivity index (χ1n) is 14.7. The average Bonchev–Trinajstić information content (AvgIpc) is 3.54. The molecule has 1 atom stereocenters. The van der Waals surface area contributed by atoms with Gasteiger partial charge in [-0.15, -0.1) is 17.9 Å². The molecule has 3 aromatic carbocycles. The summed E-state index contributed by atoms with van der Waals surface area (Å²) in [4.78, 5) is 64.1. The number of nitrogens with one attached hydrogen (secondary N) is 2. The summed E-state index contributed by atoms with van der Waals surface area (Å²) >= 11 is 1.60. The van der Waals surface area contributed by atoms with E-state index in [1.165, 1.54) is 9.91 Å². The molecule has 4 aromatic rings. The summed E-state index contributed by atoms with van der Waals surface area (Å²) < 4.78 is 5.55. The molecule has 1 unspecified atom stereocenters. The van der Waals surface area contributed by atoms with Crippen molar-refractivity contribution >= 4 is 48.8 Å². The summed E-state index contributed by atoms with van der Waals surface area (Å²) in [6, 6.07) is 22.8. The summed E-state index contributed by atoms with van der Waals surface area (Å²) in [5, 5.41) is 4.90. The fourth-order valence-electron chi connectivity index (χ4n) is 4.64. The Morgan fingerprint density at radius 2 is 1.76 bits per heavy atom. The van der Waals surface area contributed by atoms with Gasteiger partial charge in [0.2, 0.25) is 12.3 Å². The third-order valence-electron chi connectivity index (χ3n) is 6.83. The average molecular weight is 725 g/mol. The van der Waals surface area contributed by atoms with Gasteiger partial charge >= 0.3 is 59.1 Å². The Balaban J connectivity index is 0.000000787. The molecule has 250 valence electrons. The molecule has 0 bridgehead atoms. The molecule has 0 spiro atoms. The van der Waals surface area contributed by atoms with Gasteiger partial charge in [-0.25, -0.2) is 9.99 Å². The van der Waals surface area contributed by atoms with Crippen LogP contribution in [0.4, 0.5) is 0 Å².